The van der Waals surface area contributed by atoms with Gasteiger partial charge in [0.05, 0.1) is 16.9 Å². The van der Waals surface area contributed by atoms with Gasteiger partial charge in [-0.2, -0.15) is 5.10 Å². The van der Waals surface area contributed by atoms with Crippen LogP contribution in [-0.4, -0.2) is 34.0 Å². The van der Waals surface area contributed by atoms with Crippen molar-refractivity contribution in [2.24, 2.45) is 7.05 Å². The molecule has 0 unspecified atom stereocenters. The van der Waals surface area contributed by atoms with E-state index in [-0.39, 0.29) is 18.1 Å². The van der Waals surface area contributed by atoms with Gasteiger partial charge in [0.15, 0.2) is 0 Å². The van der Waals surface area contributed by atoms with E-state index in [0.29, 0.717) is 18.5 Å². The van der Waals surface area contributed by atoms with Gasteiger partial charge in [-0.1, -0.05) is 42.5 Å². The highest BCUT2D eigenvalue weighted by Gasteiger charge is 2.19. The molecule has 0 atom stereocenters. The smallest absolute Gasteiger partial charge is 0.313 e. The third-order valence-corrected chi connectivity index (χ3v) is 5.25. The minimum absolute atomic E-state index is 0.194. The molecule has 0 spiro atoms. The van der Waals surface area contributed by atoms with E-state index >= 15 is 0 Å². The number of aryl methyl sites for hydroxylation is 2. The third-order valence-electron chi connectivity index (χ3n) is 5.25. The molecule has 3 amide bonds. The molecule has 3 aromatic rings. The molecule has 3 N–H and O–H groups in total. The summed E-state index contributed by atoms with van der Waals surface area (Å²) >= 11 is 0. The number of benzene rings is 2. The molecule has 8 nitrogen and oxygen atoms in total. The van der Waals surface area contributed by atoms with Crippen molar-refractivity contribution in [1.29, 1.82) is 0 Å². The lowest BCUT2D eigenvalue weighted by Gasteiger charge is -2.12. The Morgan fingerprint density at radius 1 is 0.906 bits per heavy atom. The van der Waals surface area contributed by atoms with Gasteiger partial charge in [0.2, 0.25) is 0 Å². The SMILES string of the molecule is Cc1nn(C)c(C)c1CNC(=O)C(=O)Nc1ccccc1C(=O)NCCc1ccccc1. The zero-order chi connectivity index (χ0) is 23.1. The molecule has 8 heteroatoms. The standard InChI is InChI=1S/C24H27N5O3/c1-16-20(17(2)29(3)28-16)15-26-23(31)24(32)27-21-12-8-7-11-19(21)22(30)25-14-13-18-9-5-4-6-10-18/h4-12H,13-15H2,1-3H3,(H,25,30)(H,26,31)(H,27,32). The van der Waals surface area contributed by atoms with Crippen LogP contribution in [0, 0.1) is 13.8 Å². The van der Waals surface area contributed by atoms with Gasteiger partial charge in [-0.25, -0.2) is 0 Å². The van der Waals surface area contributed by atoms with Crippen molar-refractivity contribution in [3.63, 3.8) is 0 Å². The minimum Gasteiger partial charge on any atom is -0.352 e. The van der Waals surface area contributed by atoms with Crippen molar-refractivity contribution < 1.29 is 14.4 Å². The molecule has 0 fully saturated rings. The number of rotatable bonds is 7. The van der Waals surface area contributed by atoms with Crippen LogP contribution in [0.2, 0.25) is 0 Å². The number of carbonyl (C=O) groups excluding carboxylic acids is 3. The Morgan fingerprint density at radius 2 is 1.59 bits per heavy atom. The van der Waals surface area contributed by atoms with Gasteiger partial charge < -0.3 is 16.0 Å². The average molecular weight is 434 g/mol. The number of hydrogen-bond donors (Lipinski definition) is 3. The number of aromatic nitrogens is 2. The van der Waals surface area contributed by atoms with Crippen LogP contribution in [0.4, 0.5) is 5.69 Å². The van der Waals surface area contributed by atoms with Crippen LogP contribution >= 0.6 is 0 Å². The van der Waals surface area contributed by atoms with Crippen molar-refractivity contribution >= 4 is 23.4 Å². The second-order valence-electron chi connectivity index (χ2n) is 7.45. The lowest BCUT2D eigenvalue weighted by molar-refractivity contribution is -0.136. The molecule has 1 aromatic heterocycles. The maximum absolute atomic E-state index is 12.6. The molecular weight excluding hydrogens is 406 g/mol. The van der Waals surface area contributed by atoms with Crippen molar-refractivity contribution in [3.8, 4) is 0 Å². The maximum Gasteiger partial charge on any atom is 0.313 e. The molecule has 0 saturated heterocycles. The summed E-state index contributed by atoms with van der Waals surface area (Å²) in [6.45, 7) is 4.39. The monoisotopic (exact) mass is 433 g/mol. The van der Waals surface area contributed by atoms with E-state index in [1.165, 1.54) is 0 Å². The van der Waals surface area contributed by atoms with E-state index in [9.17, 15) is 14.4 Å². The Bertz CT molecular complexity index is 1120. The predicted octanol–water partition coefficient (Wildman–Crippen LogP) is 2.26. The van der Waals surface area contributed by atoms with Gasteiger partial charge in [-0.3, -0.25) is 19.1 Å². The lowest BCUT2D eigenvalue weighted by Crippen LogP contribution is -2.36. The highest BCUT2D eigenvalue weighted by atomic mass is 16.2. The highest BCUT2D eigenvalue weighted by molar-refractivity contribution is 6.40. The number of nitrogens with one attached hydrogen (secondary N) is 3. The average Bonchev–Trinajstić information content (AvgIpc) is 3.03. The molecule has 166 valence electrons. The number of carbonyl (C=O) groups is 3. The molecule has 0 radical (unpaired) electrons. The Labute approximate surface area is 187 Å². The fraction of sp³-hybridized carbons (Fsp3) is 0.250. The van der Waals surface area contributed by atoms with Gasteiger partial charge in [-0.05, 0) is 38.0 Å². The molecule has 0 bridgehead atoms. The first-order valence-electron chi connectivity index (χ1n) is 10.4. The Morgan fingerprint density at radius 3 is 2.28 bits per heavy atom. The van der Waals surface area contributed by atoms with Crippen LogP contribution < -0.4 is 16.0 Å². The van der Waals surface area contributed by atoms with E-state index in [0.717, 1.165) is 22.5 Å². The third kappa shape index (κ3) is 5.60. The first-order chi connectivity index (χ1) is 15.4. The van der Waals surface area contributed by atoms with Gasteiger partial charge in [-0.15, -0.1) is 0 Å². The normalized spacial score (nSPS) is 10.5. The quantitative estimate of drug-likeness (QED) is 0.497. The van der Waals surface area contributed by atoms with Crippen molar-refractivity contribution in [3.05, 3.63) is 82.7 Å². The van der Waals surface area contributed by atoms with E-state index < -0.39 is 11.8 Å². The number of hydrogen-bond acceptors (Lipinski definition) is 4. The summed E-state index contributed by atoms with van der Waals surface area (Å²) in [7, 11) is 1.82. The van der Waals surface area contributed by atoms with Crippen molar-refractivity contribution in [2.45, 2.75) is 26.8 Å². The van der Waals surface area contributed by atoms with E-state index in [4.69, 9.17) is 0 Å². The number of nitrogens with zero attached hydrogens (tertiary/aromatic N) is 2. The summed E-state index contributed by atoms with van der Waals surface area (Å²) in [4.78, 5) is 37.3. The Balaban J connectivity index is 1.57. The number of anilines is 1. The summed E-state index contributed by atoms with van der Waals surface area (Å²) < 4.78 is 1.73. The fourth-order valence-electron chi connectivity index (χ4n) is 3.35. The molecule has 2 aromatic carbocycles. The Hall–Kier alpha value is -3.94. The number of amides is 3. The molecule has 0 aliphatic heterocycles. The summed E-state index contributed by atoms with van der Waals surface area (Å²) in [5, 5.41) is 12.3. The van der Waals surface area contributed by atoms with E-state index in [2.05, 4.69) is 21.0 Å². The van der Waals surface area contributed by atoms with E-state index in [1.807, 2.05) is 51.2 Å². The van der Waals surface area contributed by atoms with Crippen LogP contribution in [0.3, 0.4) is 0 Å². The van der Waals surface area contributed by atoms with Crippen LogP contribution in [0.15, 0.2) is 54.6 Å². The largest absolute Gasteiger partial charge is 0.352 e. The predicted molar refractivity (Wildman–Crippen MR) is 122 cm³/mol. The van der Waals surface area contributed by atoms with E-state index in [1.54, 1.807) is 28.9 Å². The van der Waals surface area contributed by atoms with Crippen molar-refractivity contribution in [1.82, 2.24) is 20.4 Å². The second kappa shape index (κ2) is 10.4. The molecule has 1 heterocycles. The molecule has 3 rings (SSSR count). The number of para-hydroxylation sites is 1. The summed E-state index contributed by atoms with van der Waals surface area (Å²) in [6.07, 6.45) is 0.691. The van der Waals surface area contributed by atoms with Crippen LogP contribution in [0.25, 0.3) is 0 Å². The maximum atomic E-state index is 12.6. The van der Waals surface area contributed by atoms with Gasteiger partial charge >= 0.3 is 11.8 Å². The summed E-state index contributed by atoms with van der Waals surface area (Å²) in [5.41, 5.74) is 4.26. The zero-order valence-electron chi connectivity index (χ0n) is 18.4. The summed E-state index contributed by atoms with van der Waals surface area (Å²) in [5.74, 6) is -1.94. The van der Waals surface area contributed by atoms with Crippen LogP contribution in [0.1, 0.15) is 32.9 Å². The molecule has 0 aliphatic rings. The fourth-order valence-corrected chi connectivity index (χ4v) is 3.35. The zero-order valence-corrected chi connectivity index (χ0v) is 18.4. The van der Waals surface area contributed by atoms with Crippen LogP contribution in [0.5, 0.6) is 0 Å². The first-order valence-corrected chi connectivity index (χ1v) is 10.4. The molecule has 32 heavy (non-hydrogen) atoms. The highest BCUT2D eigenvalue weighted by Crippen LogP contribution is 2.15. The van der Waals surface area contributed by atoms with Crippen LogP contribution in [-0.2, 0) is 29.6 Å². The first kappa shape index (κ1) is 22.7. The molecule has 0 saturated carbocycles. The molecule has 0 aliphatic carbocycles. The molecular formula is C24H27N5O3. The van der Waals surface area contributed by atoms with Gasteiger partial charge in [0.25, 0.3) is 5.91 Å². The minimum atomic E-state index is -0.839. The van der Waals surface area contributed by atoms with Gasteiger partial charge in [0.1, 0.15) is 0 Å². The lowest BCUT2D eigenvalue weighted by atomic mass is 10.1. The summed E-state index contributed by atoms with van der Waals surface area (Å²) in [6, 6.07) is 16.4. The van der Waals surface area contributed by atoms with Crippen molar-refractivity contribution in [2.75, 3.05) is 11.9 Å². The Kier molecular flexibility index (Phi) is 7.38. The topological polar surface area (TPSA) is 105 Å². The second-order valence-corrected chi connectivity index (χ2v) is 7.45. The van der Waals surface area contributed by atoms with Gasteiger partial charge in [0, 0.05) is 31.4 Å².